The third-order valence-electron chi connectivity index (χ3n) is 4.45. The van der Waals surface area contributed by atoms with E-state index in [0.717, 1.165) is 12.5 Å². The van der Waals surface area contributed by atoms with Crippen molar-refractivity contribution in [3.8, 4) is 23.0 Å². The van der Waals surface area contributed by atoms with Gasteiger partial charge in [0.15, 0.2) is 0 Å². The van der Waals surface area contributed by atoms with Crippen molar-refractivity contribution in [3.05, 3.63) is 46.5 Å². The van der Waals surface area contributed by atoms with Crippen LogP contribution in [0.25, 0.3) is 0 Å². The Labute approximate surface area is 169 Å². The summed E-state index contributed by atoms with van der Waals surface area (Å²) in [6.45, 7) is 3.88. The average molecular weight is 402 g/mol. The minimum absolute atomic E-state index is 0.0706. The number of methoxy groups -OCH3 is 2. The van der Waals surface area contributed by atoms with Crippen LogP contribution in [0, 0.1) is 0 Å². The number of ether oxygens (including phenoxy) is 3. The largest absolute Gasteiger partial charge is 0.507 e. The molecule has 0 saturated carbocycles. The highest BCUT2D eigenvalue weighted by molar-refractivity contribution is 5.97. The van der Waals surface area contributed by atoms with Crippen LogP contribution < -0.4 is 14.2 Å². The molecule has 0 aliphatic carbocycles. The Bertz CT molecular complexity index is 903. The first kappa shape index (κ1) is 22.1. The van der Waals surface area contributed by atoms with Crippen molar-refractivity contribution in [1.29, 1.82) is 0 Å². The van der Waals surface area contributed by atoms with Gasteiger partial charge in [0, 0.05) is 12.1 Å². The monoisotopic (exact) mass is 402 g/mol. The highest BCUT2D eigenvalue weighted by Gasteiger charge is 2.23. The third-order valence-corrected chi connectivity index (χ3v) is 4.45. The molecule has 0 aliphatic rings. The fourth-order valence-electron chi connectivity index (χ4n) is 3.21. The summed E-state index contributed by atoms with van der Waals surface area (Å²) in [5.74, 6) is -1.37. The van der Waals surface area contributed by atoms with Crippen molar-refractivity contribution >= 4 is 11.9 Å². The molecule has 0 aliphatic heterocycles. The van der Waals surface area contributed by atoms with E-state index < -0.39 is 17.7 Å². The fourth-order valence-corrected chi connectivity index (χ4v) is 3.21. The number of hydrogen-bond acceptors (Lipinski definition) is 6. The number of benzene rings is 2. The van der Waals surface area contributed by atoms with Crippen molar-refractivity contribution in [3.63, 3.8) is 0 Å². The molecule has 0 amide bonds. The maximum Gasteiger partial charge on any atom is 0.347 e. The van der Waals surface area contributed by atoms with Crippen molar-refractivity contribution in [1.82, 2.24) is 0 Å². The van der Waals surface area contributed by atoms with E-state index in [1.54, 1.807) is 12.1 Å². The molecule has 7 nitrogen and oxygen atoms in total. The SMILES string of the molecule is CCCc1cc(OC(=O)c2c(CCC)cc(OC)cc2OC)cc(O)c1C(=O)O. The van der Waals surface area contributed by atoms with Gasteiger partial charge in [-0.25, -0.2) is 9.59 Å². The highest BCUT2D eigenvalue weighted by atomic mass is 16.5. The Morgan fingerprint density at radius 3 is 1.97 bits per heavy atom. The number of rotatable bonds is 9. The molecule has 29 heavy (non-hydrogen) atoms. The van der Waals surface area contributed by atoms with E-state index in [-0.39, 0.29) is 16.9 Å². The summed E-state index contributed by atoms with van der Waals surface area (Å²) in [6.07, 6.45) is 2.51. The molecule has 0 atom stereocenters. The summed E-state index contributed by atoms with van der Waals surface area (Å²) in [5, 5.41) is 19.5. The van der Waals surface area contributed by atoms with Gasteiger partial charge in [-0.3, -0.25) is 0 Å². The number of aryl methyl sites for hydroxylation is 2. The van der Waals surface area contributed by atoms with Gasteiger partial charge in [-0.1, -0.05) is 26.7 Å². The van der Waals surface area contributed by atoms with Crippen LogP contribution in [0.4, 0.5) is 0 Å². The van der Waals surface area contributed by atoms with E-state index >= 15 is 0 Å². The van der Waals surface area contributed by atoms with Gasteiger partial charge in [0.25, 0.3) is 0 Å². The van der Waals surface area contributed by atoms with Crippen molar-refractivity contribution < 1.29 is 34.0 Å². The summed E-state index contributed by atoms with van der Waals surface area (Å²) in [5.41, 5.74) is 1.21. The zero-order chi connectivity index (χ0) is 21.6. The first-order chi connectivity index (χ1) is 13.9. The minimum Gasteiger partial charge on any atom is -0.507 e. The normalized spacial score (nSPS) is 10.5. The Hall–Kier alpha value is -3.22. The molecule has 0 spiro atoms. The van der Waals surface area contributed by atoms with Crippen molar-refractivity contribution in [2.45, 2.75) is 39.5 Å². The van der Waals surface area contributed by atoms with Gasteiger partial charge in [0.1, 0.15) is 34.1 Å². The number of phenols is 1. The quantitative estimate of drug-likeness (QED) is 0.478. The standard InChI is InChI=1S/C22H26O7/c1-5-7-13-10-16(11-17(23)19(13)21(24)25)29-22(26)20-14(8-6-2)9-15(27-3)12-18(20)28-4/h9-12,23H,5-8H2,1-4H3,(H,24,25). The lowest BCUT2D eigenvalue weighted by atomic mass is 10.0. The van der Waals surface area contributed by atoms with E-state index in [4.69, 9.17) is 14.2 Å². The topological polar surface area (TPSA) is 102 Å². The Morgan fingerprint density at radius 1 is 0.862 bits per heavy atom. The molecule has 0 saturated heterocycles. The summed E-state index contributed by atoms with van der Waals surface area (Å²) < 4.78 is 16.1. The van der Waals surface area contributed by atoms with Crippen LogP contribution in [0.3, 0.4) is 0 Å². The highest BCUT2D eigenvalue weighted by Crippen LogP contribution is 2.33. The summed E-state index contributed by atoms with van der Waals surface area (Å²) >= 11 is 0. The Kier molecular flexibility index (Phi) is 7.47. The Balaban J connectivity index is 2.48. The Morgan fingerprint density at radius 2 is 1.45 bits per heavy atom. The zero-order valence-corrected chi connectivity index (χ0v) is 17.1. The number of carboxylic acids is 1. The fraction of sp³-hybridized carbons (Fsp3) is 0.364. The van der Waals surface area contributed by atoms with E-state index in [9.17, 15) is 19.8 Å². The van der Waals surface area contributed by atoms with Crippen LogP contribution in [0.1, 0.15) is 58.5 Å². The van der Waals surface area contributed by atoms with Crippen LogP contribution in [0.15, 0.2) is 24.3 Å². The molecule has 0 aromatic heterocycles. The van der Waals surface area contributed by atoms with Crippen molar-refractivity contribution in [2.24, 2.45) is 0 Å². The molecule has 0 radical (unpaired) electrons. The molecular formula is C22H26O7. The minimum atomic E-state index is -1.23. The number of carboxylic acid groups (broad SMARTS) is 1. The molecule has 0 bridgehead atoms. The van der Waals surface area contributed by atoms with Gasteiger partial charge in [0.2, 0.25) is 0 Å². The summed E-state index contributed by atoms with van der Waals surface area (Å²) in [6, 6.07) is 5.97. The van der Waals surface area contributed by atoms with Crippen LogP contribution in [-0.2, 0) is 12.8 Å². The first-order valence-corrected chi connectivity index (χ1v) is 9.42. The second kappa shape index (κ2) is 9.82. The smallest absolute Gasteiger partial charge is 0.347 e. The number of carbonyl (C=O) groups is 2. The van der Waals surface area contributed by atoms with Crippen LogP contribution in [0.2, 0.25) is 0 Å². The van der Waals surface area contributed by atoms with Gasteiger partial charge >= 0.3 is 11.9 Å². The zero-order valence-electron chi connectivity index (χ0n) is 17.1. The average Bonchev–Trinajstić information content (AvgIpc) is 2.67. The van der Waals surface area contributed by atoms with E-state index in [2.05, 4.69) is 0 Å². The second-order valence-electron chi connectivity index (χ2n) is 6.53. The lowest BCUT2D eigenvalue weighted by Gasteiger charge is -2.16. The molecule has 2 aromatic carbocycles. The molecule has 156 valence electrons. The first-order valence-electron chi connectivity index (χ1n) is 9.42. The van der Waals surface area contributed by atoms with E-state index in [1.807, 2.05) is 13.8 Å². The molecular weight excluding hydrogens is 376 g/mol. The molecule has 0 fully saturated rings. The maximum absolute atomic E-state index is 12.9. The summed E-state index contributed by atoms with van der Waals surface area (Å²) in [4.78, 5) is 24.4. The third kappa shape index (κ3) is 4.99. The predicted octanol–water partition coefficient (Wildman–Crippen LogP) is 4.23. The second-order valence-corrected chi connectivity index (χ2v) is 6.53. The number of aromatic hydroxyl groups is 1. The molecule has 7 heteroatoms. The van der Waals surface area contributed by atoms with E-state index in [1.165, 1.54) is 20.3 Å². The van der Waals surface area contributed by atoms with Crippen molar-refractivity contribution in [2.75, 3.05) is 14.2 Å². The maximum atomic E-state index is 12.9. The van der Waals surface area contributed by atoms with Gasteiger partial charge in [-0.2, -0.15) is 0 Å². The molecule has 2 aromatic rings. The number of esters is 1. The lowest BCUT2D eigenvalue weighted by Crippen LogP contribution is -2.14. The van der Waals surface area contributed by atoms with Gasteiger partial charge < -0.3 is 24.4 Å². The summed E-state index contributed by atoms with van der Waals surface area (Å²) in [7, 11) is 2.98. The molecule has 0 heterocycles. The molecule has 2 rings (SSSR count). The van der Waals surface area contributed by atoms with Crippen LogP contribution >= 0.6 is 0 Å². The van der Waals surface area contributed by atoms with Gasteiger partial charge in [-0.15, -0.1) is 0 Å². The van der Waals surface area contributed by atoms with E-state index in [0.29, 0.717) is 41.9 Å². The number of carbonyl (C=O) groups excluding carboxylic acids is 1. The molecule has 0 unspecified atom stereocenters. The van der Waals surface area contributed by atoms with Crippen LogP contribution in [-0.4, -0.2) is 36.4 Å². The van der Waals surface area contributed by atoms with Gasteiger partial charge in [0.05, 0.1) is 14.2 Å². The number of hydrogen-bond donors (Lipinski definition) is 2. The number of aromatic carboxylic acids is 1. The molecule has 2 N–H and O–H groups in total. The predicted molar refractivity (Wildman–Crippen MR) is 108 cm³/mol. The van der Waals surface area contributed by atoms with Crippen LogP contribution in [0.5, 0.6) is 23.0 Å². The van der Waals surface area contributed by atoms with Gasteiger partial charge in [-0.05, 0) is 36.1 Å². The lowest BCUT2D eigenvalue weighted by molar-refractivity contribution is 0.0692.